The summed E-state index contributed by atoms with van der Waals surface area (Å²) in [4.78, 5) is 8.91. The van der Waals surface area contributed by atoms with Gasteiger partial charge in [-0.25, -0.2) is 9.97 Å². The Morgan fingerprint density at radius 1 is 1.14 bits per heavy atom. The zero-order chi connectivity index (χ0) is 16.0. The van der Waals surface area contributed by atoms with Crippen LogP contribution in [0.25, 0.3) is 10.9 Å². The van der Waals surface area contributed by atoms with Crippen molar-refractivity contribution in [1.29, 1.82) is 0 Å². The summed E-state index contributed by atoms with van der Waals surface area (Å²) in [7, 11) is 1.66. The van der Waals surface area contributed by atoms with E-state index in [0.29, 0.717) is 24.9 Å². The molecule has 0 aliphatic heterocycles. The van der Waals surface area contributed by atoms with Crippen molar-refractivity contribution in [2.45, 2.75) is 25.8 Å². The molecule has 1 aromatic carbocycles. The fourth-order valence-corrected chi connectivity index (χ4v) is 4.77. The fraction of sp³-hybridized carbons (Fsp3) is 0.500. The van der Waals surface area contributed by atoms with E-state index < -0.39 is 8.07 Å². The van der Waals surface area contributed by atoms with E-state index in [-0.39, 0.29) is 5.73 Å². The van der Waals surface area contributed by atoms with Gasteiger partial charge in [-0.1, -0.05) is 24.7 Å². The Bertz CT molecular complexity index is 603. The molecule has 0 amide bonds. The molecule has 0 N–H and O–H groups in total. The fourth-order valence-electron chi connectivity index (χ4n) is 2.42. The van der Waals surface area contributed by atoms with Crippen LogP contribution in [0.1, 0.15) is 12.7 Å². The normalized spacial score (nSPS) is 13.5. The number of rotatable bonds is 8. The molecule has 0 bridgehead atoms. The highest BCUT2D eigenvalue weighted by molar-refractivity contribution is 6.79. The van der Waals surface area contributed by atoms with Gasteiger partial charge in [-0.15, -0.1) is 0 Å². The molecule has 0 aliphatic carbocycles. The maximum atomic E-state index is 6.02. The van der Waals surface area contributed by atoms with Crippen LogP contribution >= 0.6 is 0 Å². The van der Waals surface area contributed by atoms with Gasteiger partial charge in [0.05, 0.1) is 11.2 Å². The monoisotopic (exact) mass is 320 g/mol. The Morgan fingerprint density at radius 3 is 2.50 bits per heavy atom. The van der Waals surface area contributed by atoms with Crippen LogP contribution in [0, 0.1) is 0 Å². The lowest BCUT2D eigenvalue weighted by Gasteiger charge is -2.31. The molecule has 1 unspecified atom stereocenters. The summed E-state index contributed by atoms with van der Waals surface area (Å²) < 4.78 is 16.7. The maximum Gasteiger partial charge on any atom is 0.154 e. The zero-order valence-electron chi connectivity index (χ0n) is 13.7. The van der Waals surface area contributed by atoms with Crippen molar-refractivity contribution in [1.82, 2.24) is 9.97 Å². The summed E-state index contributed by atoms with van der Waals surface area (Å²) in [5.41, 5.74) is 1.04. The van der Waals surface area contributed by atoms with Gasteiger partial charge in [-0.3, -0.25) is 0 Å². The maximum absolute atomic E-state index is 6.02. The zero-order valence-corrected chi connectivity index (χ0v) is 14.7. The first kappa shape index (κ1) is 17.0. The Kier molecular flexibility index (Phi) is 6.02. The largest absolute Gasteiger partial charge is 0.388 e. The number of benzene rings is 1. The van der Waals surface area contributed by atoms with Crippen LogP contribution in [0.5, 0.6) is 0 Å². The summed E-state index contributed by atoms with van der Waals surface area (Å²) in [5.74, 6) is 0.705. The van der Waals surface area contributed by atoms with Crippen LogP contribution < -0.4 is 0 Å². The second-order valence-electron chi connectivity index (χ2n) is 5.82. The van der Waals surface area contributed by atoms with Gasteiger partial charge in [0, 0.05) is 38.3 Å². The number of aromatic nitrogens is 2. The molecule has 6 heteroatoms. The number of methoxy groups -OCH3 is 2. The molecule has 0 saturated carbocycles. The molecule has 120 valence electrons. The van der Waals surface area contributed by atoms with Crippen molar-refractivity contribution in [2.75, 3.05) is 26.7 Å². The first-order valence-electron chi connectivity index (χ1n) is 7.39. The van der Waals surface area contributed by atoms with Crippen LogP contribution in [0.3, 0.4) is 0 Å². The predicted molar refractivity (Wildman–Crippen MR) is 89.2 cm³/mol. The van der Waals surface area contributed by atoms with Crippen LogP contribution in [-0.4, -0.2) is 50.4 Å². The quantitative estimate of drug-likeness (QED) is 0.700. The highest BCUT2D eigenvalue weighted by Gasteiger charge is 2.35. The van der Waals surface area contributed by atoms with Crippen LogP contribution in [0.15, 0.2) is 30.5 Å². The number of para-hydroxylation sites is 1. The van der Waals surface area contributed by atoms with Gasteiger partial charge in [-0.05, 0) is 13.0 Å². The van der Waals surface area contributed by atoms with Crippen LogP contribution in [0.4, 0.5) is 0 Å². The number of hydrogen-bond acceptors (Lipinski definition) is 5. The molecule has 1 aromatic heterocycles. The average molecular weight is 320 g/mol. The SMILES string of the molecule is COC[Si](C)(COC)C(C)OCc1ncc2ccccc2n1. The molecular weight excluding hydrogens is 296 g/mol. The van der Waals surface area contributed by atoms with Crippen LogP contribution in [-0.2, 0) is 20.8 Å². The third-order valence-electron chi connectivity index (χ3n) is 3.93. The van der Waals surface area contributed by atoms with E-state index in [0.717, 1.165) is 10.9 Å². The van der Waals surface area contributed by atoms with Gasteiger partial charge in [0.25, 0.3) is 0 Å². The molecule has 2 aromatic rings. The number of fused-ring (bicyclic) bond motifs is 1. The Hall–Kier alpha value is -1.34. The second-order valence-corrected chi connectivity index (χ2v) is 10.5. The Balaban J connectivity index is 2.03. The summed E-state index contributed by atoms with van der Waals surface area (Å²) in [5, 5.41) is 1.04. The molecule has 1 heterocycles. The molecule has 0 aliphatic rings. The smallest absolute Gasteiger partial charge is 0.154 e. The van der Waals surface area contributed by atoms with E-state index in [1.807, 2.05) is 30.5 Å². The molecule has 1 atom stereocenters. The van der Waals surface area contributed by atoms with E-state index in [9.17, 15) is 0 Å². The Morgan fingerprint density at radius 2 is 1.82 bits per heavy atom. The van der Waals surface area contributed by atoms with E-state index in [1.165, 1.54) is 0 Å². The first-order chi connectivity index (χ1) is 10.6. The minimum atomic E-state index is -1.78. The summed E-state index contributed by atoms with van der Waals surface area (Å²) in [6, 6.07) is 7.95. The van der Waals surface area contributed by atoms with Gasteiger partial charge in [0.15, 0.2) is 5.82 Å². The summed E-state index contributed by atoms with van der Waals surface area (Å²) >= 11 is 0. The summed E-state index contributed by atoms with van der Waals surface area (Å²) in [6.45, 7) is 4.72. The van der Waals surface area contributed by atoms with E-state index in [1.54, 1.807) is 14.2 Å². The lowest BCUT2D eigenvalue weighted by molar-refractivity contribution is 0.0820. The Labute approximate surface area is 132 Å². The van der Waals surface area contributed by atoms with Gasteiger partial charge in [0.1, 0.15) is 14.7 Å². The third-order valence-corrected chi connectivity index (χ3v) is 7.96. The molecule has 2 rings (SSSR count). The lowest BCUT2D eigenvalue weighted by atomic mass is 10.2. The second kappa shape index (κ2) is 7.78. The molecule has 5 nitrogen and oxygen atoms in total. The van der Waals surface area contributed by atoms with Crippen molar-refractivity contribution in [2.24, 2.45) is 0 Å². The minimum absolute atomic E-state index is 0.0995. The third kappa shape index (κ3) is 4.10. The topological polar surface area (TPSA) is 53.5 Å². The minimum Gasteiger partial charge on any atom is -0.388 e. The van der Waals surface area contributed by atoms with Crippen molar-refractivity contribution in [3.8, 4) is 0 Å². The lowest BCUT2D eigenvalue weighted by Crippen LogP contribution is -2.53. The van der Waals surface area contributed by atoms with Crippen molar-refractivity contribution < 1.29 is 14.2 Å². The molecule has 0 radical (unpaired) electrons. The van der Waals surface area contributed by atoms with E-state index >= 15 is 0 Å². The number of ether oxygens (including phenoxy) is 3. The van der Waals surface area contributed by atoms with Gasteiger partial charge >= 0.3 is 0 Å². The molecule has 22 heavy (non-hydrogen) atoms. The standard InChI is InChI=1S/C16H24N2O3Si/c1-13(22(4,11-19-2)12-20-3)21-10-16-17-9-14-7-5-6-8-15(14)18-16/h5-9,13H,10-12H2,1-4H3. The highest BCUT2D eigenvalue weighted by atomic mass is 28.3. The van der Waals surface area contributed by atoms with Crippen molar-refractivity contribution in [3.05, 3.63) is 36.3 Å². The number of hydrogen-bond donors (Lipinski definition) is 0. The van der Waals surface area contributed by atoms with Gasteiger partial charge in [-0.2, -0.15) is 0 Å². The molecule has 0 fully saturated rings. The average Bonchev–Trinajstić information content (AvgIpc) is 2.52. The highest BCUT2D eigenvalue weighted by Crippen LogP contribution is 2.15. The first-order valence-corrected chi connectivity index (χ1v) is 10.4. The molecule has 0 saturated heterocycles. The van der Waals surface area contributed by atoms with Gasteiger partial charge < -0.3 is 14.2 Å². The predicted octanol–water partition coefficient (Wildman–Crippen LogP) is 2.52. The van der Waals surface area contributed by atoms with Crippen molar-refractivity contribution >= 4 is 19.0 Å². The molecular formula is C16H24N2O3Si. The van der Waals surface area contributed by atoms with Crippen LogP contribution in [0.2, 0.25) is 6.55 Å². The molecule has 0 spiro atoms. The number of nitrogens with zero attached hydrogens (tertiary/aromatic N) is 2. The van der Waals surface area contributed by atoms with Crippen molar-refractivity contribution in [3.63, 3.8) is 0 Å². The summed E-state index contributed by atoms with van der Waals surface area (Å²) in [6.07, 6.45) is 3.26. The van der Waals surface area contributed by atoms with Gasteiger partial charge in [0.2, 0.25) is 0 Å². The van der Waals surface area contributed by atoms with E-state index in [2.05, 4.69) is 23.4 Å². The van der Waals surface area contributed by atoms with E-state index in [4.69, 9.17) is 14.2 Å².